The summed E-state index contributed by atoms with van der Waals surface area (Å²) < 4.78 is 0. The first-order valence-corrected chi connectivity index (χ1v) is 7.21. The first kappa shape index (κ1) is 12.3. The fourth-order valence-corrected chi connectivity index (χ4v) is 2.99. The van der Waals surface area contributed by atoms with Gasteiger partial charge < -0.3 is 10.7 Å². The van der Waals surface area contributed by atoms with Crippen molar-refractivity contribution < 1.29 is 0 Å². The summed E-state index contributed by atoms with van der Waals surface area (Å²) in [6, 6.07) is 19.1. The molecule has 0 spiro atoms. The van der Waals surface area contributed by atoms with Crippen LogP contribution in [0, 0.1) is 0 Å². The van der Waals surface area contributed by atoms with Crippen molar-refractivity contribution in [3.63, 3.8) is 0 Å². The first-order valence-electron chi connectivity index (χ1n) is 6.40. The smallest absolute Gasteiger partial charge is 0.0780 e. The van der Waals surface area contributed by atoms with Crippen LogP contribution < -0.4 is 5.73 Å². The highest BCUT2D eigenvalue weighted by Gasteiger charge is 2.02. The Bertz CT molecular complexity index is 638. The molecule has 0 saturated heterocycles. The molecular formula is C16H16N2S. The predicted molar refractivity (Wildman–Crippen MR) is 81.6 cm³/mol. The lowest BCUT2D eigenvalue weighted by atomic mass is 10.2. The summed E-state index contributed by atoms with van der Waals surface area (Å²) >= 11 is 1.75. The molecule has 2 aromatic carbocycles. The van der Waals surface area contributed by atoms with Gasteiger partial charge in [0.25, 0.3) is 0 Å². The van der Waals surface area contributed by atoms with E-state index in [0.29, 0.717) is 6.54 Å². The molecule has 0 atom stereocenters. The van der Waals surface area contributed by atoms with Gasteiger partial charge in [-0.2, -0.15) is 0 Å². The van der Waals surface area contributed by atoms with Gasteiger partial charge in [-0.05, 0) is 42.8 Å². The maximum Gasteiger partial charge on any atom is 0.0780 e. The van der Waals surface area contributed by atoms with Gasteiger partial charge in [-0.3, -0.25) is 0 Å². The summed E-state index contributed by atoms with van der Waals surface area (Å²) in [7, 11) is 0. The van der Waals surface area contributed by atoms with Gasteiger partial charge in [0, 0.05) is 15.8 Å². The molecule has 0 radical (unpaired) electrons. The van der Waals surface area contributed by atoms with Crippen LogP contribution in [0.3, 0.4) is 0 Å². The van der Waals surface area contributed by atoms with E-state index < -0.39 is 0 Å². The Labute approximate surface area is 117 Å². The minimum atomic E-state index is 0.703. The molecule has 3 aromatic rings. The molecule has 0 saturated carbocycles. The van der Waals surface area contributed by atoms with Crippen LogP contribution in [0.1, 0.15) is 5.56 Å². The molecule has 0 unspecified atom stereocenters. The number of hydrogen-bond donors (Lipinski definition) is 2. The lowest BCUT2D eigenvalue weighted by molar-refractivity contribution is 0.966. The Morgan fingerprint density at radius 1 is 1.00 bits per heavy atom. The van der Waals surface area contributed by atoms with Gasteiger partial charge in [-0.15, -0.1) is 0 Å². The zero-order valence-corrected chi connectivity index (χ0v) is 11.4. The van der Waals surface area contributed by atoms with Crippen LogP contribution in [0.4, 0.5) is 0 Å². The number of para-hydroxylation sites is 1. The molecular weight excluding hydrogens is 252 g/mol. The zero-order valence-electron chi connectivity index (χ0n) is 10.6. The van der Waals surface area contributed by atoms with Crippen molar-refractivity contribution in [2.24, 2.45) is 5.73 Å². The van der Waals surface area contributed by atoms with Crippen LogP contribution in [-0.4, -0.2) is 11.5 Å². The summed E-state index contributed by atoms with van der Waals surface area (Å²) in [6.07, 6.45) is 0.942. The van der Waals surface area contributed by atoms with Gasteiger partial charge in [0.15, 0.2) is 0 Å². The van der Waals surface area contributed by atoms with E-state index in [2.05, 4.69) is 59.6 Å². The van der Waals surface area contributed by atoms with Crippen molar-refractivity contribution >= 4 is 22.7 Å². The molecule has 0 bridgehead atoms. The van der Waals surface area contributed by atoms with E-state index in [0.717, 1.165) is 6.42 Å². The maximum absolute atomic E-state index is 5.56. The minimum absolute atomic E-state index is 0.703. The van der Waals surface area contributed by atoms with Crippen LogP contribution >= 0.6 is 11.8 Å². The highest BCUT2D eigenvalue weighted by molar-refractivity contribution is 7.99. The molecule has 3 rings (SSSR count). The number of H-pyrrole nitrogens is 1. The normalized spacial score (nSPS) is 11.0. The monoisotopic (exact) mass is 268 g/mol. The zero-order chi connectivity index (χ0) is 13.1. The Morgan fingerprint density at radius 3 is 2.53 bits per heavy atom. The second-order valence-corrected chi connectivity index (χ2v) is 5.62. The topological polar surface area (TPSA) is 41.8 Å². The van der Waals surface area contributed by atoms with Gasteiger partial charge >= 0.3 is 0 Å². The predicted octanol–water partition coefficient (Wildman–Crippen LogP) is 3.82. The van der Waals surface area contributed by atoms with Crippen LogP contribution in [0.25, 0.3) is 10.9 Å². The van der Waals surface area contributed by atoms with Crippen LogP contribution in [-0.2, 0) is 6.42 Å². The van der Waals surface area contributed by atoms with E-state index in [1.807, 2.05) is 0 Å². The van der Waals surface area contributed by atoms with E-state index in [1.165, 1.54) is 26.4 Å². The van der Waals surface area contributed by atoms with E-state index in [-0.39, 0.29) is 0 Å². The van der Waals surface area contributed by atoms with E-state index >= 15 is 0 Å². The van der Waals surface area contributed by atoms with E-state index in [9.17, 15) is 0 Å². The lowest BCUT2D eigenvalue weighted by Gasteiger charge is -2.01. The van der Waals surface area contributed by atoms with Crippen LogP contribution in [0.15, 0.2) is 64.5 Å². The lowest BCUT2D eigenvalue weighted by Crippen LogP contribution is -2.02. The Balaban J connectivity index is 1.80. The average Bonchev–Trinajstić information content (AvgIpc) is 2.83. The molecule has 1 heterocycles. The fraction of sp³-hybridized carbons (Fsp3) is 0.125. The molecule has 0 fully saturated rings. The molecule has 1 aromatic heterocycles. The number of benzene rings is 2. The van der Waals surface area contributed by atoms with E-state index in [4.69, 9.17) is 5.73 Å². The van der Waals surface area contributed by atoms with Gasteiger partial charge in [0.2, 0.25) is 0 Å². The van der Waals surface area contributed by atoms with Gasteiger partial charge in [0.05, 0.1) is 5.03 Å². The summed E-state index contributed by atoms with van der Waals surface area (Å²) in [4.78, 5) is 4.67. The van der Waals surface area contributed by atoms with E-state index in [1.54, 1.807) is 11.8 Å². The number of fused-ring (bicyclic) bond motifs is 1. The average molecular weight is 268 g/mol. The number of hydrogen-bond acceptors (Lipinski definition) is 2. The minimum Gasteiger partial charge on any atom is -0.349 e. The van der Waals surface area contributed by atoms with Gasteiger partial charge in [0.1, 0.15) is 0 Å². The molecule has 0 aliphatic heterocycles. The molecule has 19 heavy (non-hydrogen) atoms. The second kappa shape index (κ2) is 5.51. The van der Waals surface area contributed by atoms with Crippen molar-refractivity contribution in [3.05, 3.63) is 60.2 Å². The summed E-state index contributed by atoms with van der Waals surface area (Å²) in [5.74, 6) is 0. The molecule has 0 aliphatic carbocycles. The third kappa shape index (κ3) is 2.83. The summed E-state index contributed by atoms with van der Waals surface area (Å²) in [5.41, 5.74) is 8.03. The van der Waals surface area contributed by atoms with Crippen molar-refractivity contribution in [3.8, 4) is 0 Å². The molecule has 0 aliphatic rings. The Morgan fingerprint density at radius 2 is 1.79 bits per heavy atom. The van der Waals surface area contributed by atoms with Crippen molar-refractivity contribution in [2.75, 3.05) is 6.54 Å². The number of rotatable bonds is 4. The van der Waals surface area contributed by atoms with Crippen molar-refractivity contribution in [2.45, 2.75) is 16.3 Å². The summed E-state index contributed by atoms with van der Waals surface area (Å²) in [5, 5.41) is 2.43. The molecule has 0 amide bonds. The summed E-state index contributed by atoms with van der Waals surface area (Å²) in [6.45, 7) is 0.703. The molecule has 3 N–H and O–H groups in total. The van der Waals surface area contributed by atoms with Gasteiger partial charge in [-0.25, -0.2) is 0 Å². The SMILES string of the molecule is NCCc1ccc(Sc2cc3ccccc3[nH]2)cc1. The standard InChI is InChI=1S/C16H16N2S/c17-10-9-12-5-7-14(8-6-12)19-16-11-13-3-1-2-4-15(13)18-16/h1-8,11,18H,9-10,17H2. The maximum atomic E-state index is 5.56. The quantitative estimate of drug-likeness (QED) is 0.755. The highest BCUT2D eigenvalue weighted by Crippen LogP contribution is 2.29. The second-order valence-electron chi connectivity index (χ2n) is 4.51. The highest BCUT2D eigenvalue weighted by atomic mass is 32.2. The molecule has 3 heteroatoms. The number of aromatic amines is 1. The van der Waals surface area contributed by atoms with Crippen LogP contribution in [0.2, 0.25) is 0 Å². The van der Waals surface area contributed by atoms with Gasteiger partial charge in [-0.1, -0.05) is 42.1 Å². The van der Waals surface area contributed by atoms with Crippen molar-refractivity contribution in [1.29, 1.82) is 0 Å². The first-order chi connectivity index (χ1) is 9.35. The third-order valence-corrected chi connectivity index (χ3v) is 4.04. The number of nitrogens with two attached hydrogens (primary N) is 1. The van der Waals surface area contributed by atoms with Crippen molar-refractivity contribution in [1.82, 2.24) is 4.98 Å². The fourth-order valence-electron chi connectivity index (χ4n) is 2.12. The number of nitrogens with one attached hydrogen (secondary N) is 1. The third-order valence-electron chi connectivity index (χ3n) is 3.09. The largest absolute Gasteiger partial charge is 0.349 e. The van der Waals surface area contributed by atoms with Crippen LogP contribution in [0.5, 0.6) is 0 Å². The Kier molecular flexibility index (Phi) is 3.58. The molecule has 96 valence electrons. The Hall–Kier alpha value is -1.71. The number of aromatic nitrogens is 1. The molecule has 2 nitrogen and oxygen atoms in total.